The standard InChI is InChI=1S/C14H16N2OS/c17-14-8-12(18)9-16(14)6-4-10-1-2-11-3-5-15-13(11)7-10/h1-3,5,7,12,15,18H,4,6,8-9H2. The van der Waals surface area contributed by atoms with Crippen LogP contribution in [0.5, 0.6) is 0 Å². The number of hydrogen-bond donors (Lipinski definition) is 2. The van der Waals surface area contributed by atoms with Gasteiger partial charge in [-0.2, -0.15) is 12.6 Å². The van der Waals surface area contributed by atoms with Crippen molar-refractivity contribution in [3.05, 3.63) is 36.0 Å². The van der Waals surface area contributed by atoms with E-state index >= 15 is 0 Å². The van der Waals surface area contributed by atoms with E-state index in [0.717, 1.165) is 25.0 Å². The van der Waals surface area contributed by atoms with Crippen molar-refractivity contribution in [1.29, 1.82) is 0 Å². The molecule has 4 heteroatoms. The predicted octanol–water partition coefficient (Wildman–Crippen LogP) is 2.24. The lowest BCUT2D eigenvalue weighted by atomic mass is 10.1. The normalized spacial score (nSPS) is 19.9. The van der Waals surface area contributed by atoms with Crippen LogP contribution in [0.1, 0.15) is 12.0 Å². The first-order valence-electron chi connectivity index (χ1n) is 6.24. The van der Waals surface area contributed by atoms with Gasteiger partial charge < -0.3 is 9.88 Å². The maximum atomic E-state index is 11.6. The zero-order valence-corrected chi connectivity index (χ0v) is 11.0. The number of fused-ring (bicyclic) bond motifs is 1. The summed E-state index contributed by atoms with van der Waals surface area (Å²) in [7, 11) is 0. The number of benzene rings is 1. The molecule has 1 amide bonds. The summed E-state index contributed by atoms with van der Waals surface area (Å²) >= 11 is 4.36. The van der Waals surface area contributed by atoms with Gasteiger partial charge in [-0.15, -0.1) is 0 Å². The zero-order valence-electron chi connectivity index (χ0n) is 10.1. The average molecular weight is 260 g/mol. The lowest BCUT2D eigenvalue weighted by molar-refractivity contribution is -0.127. The van der Waals surface area contributed by atoms with Crippen molar-refractivity contribution in [3.63, 3.8) is 0 Å². The Kier molecular flexibility index (Phi) is 3.04. The molecule has 0 aliphatic carbocycles. The maximum Gasteiger partial charge on any atom is 0.223 e. The van der Waals surface area contributed by atoms with Crippen molar-refractivity contribution in [3.8, 4) is 0 Å². The van der Waals surface area contributed by atoms with Gasteiger partial charge in [-0.3, -0.25) is 4.79 Å². The van der Waals surface area contributed by atoms with Gasteiger partial charge in [0.05, 0.1) is 0 Å². The molecule has 1 fully saturated rings. The van der Waals surface area contributed by atoms with E-state index in [2.05, 4.69) is 41.9 Å². The van der Waals surface area contributed by atoms with Crippen LogP contribution in [0.15, 0.2) is 30.5 Å². The van der Waals surface area contributed by atoms with Crippen LogP contribution in [0.4, 0.5) is 0 Å². The molecular weight excluding hydrogens is 244 g/mol. The smallest absolute Gasteiger partial charge is 0.223 e. The first-order valence-corrected chi connectivity index (χ1v) is 6.76. The zero-order chi connectivity index (χ0) is 12.5. The largest absolute Gasteiger partial charge is 0.361 e. The summed E-state index contributed by atoms with van der Waals surface area (Å²) in [6.45, 7) is 1.58. The molecule has 3 nitrogen and oxygen atoms in total. The van der Waals surface area contributed by atoms with E-state index in [1.807, 2.05) is 11.1 Å². The van der Waals surface area contributed by atoms with Crippen molar-refractivity contribution in [2.75, 3.05) is 13.1 Å². The van der Waals surface area contributed by atoms with Crippen LogP contribution in [0, 0.1) is 0 Å². The molecule has 1 saturated heterocycles. The fourth-order valence-corrected chi connectivity index (χ4v) is 2.84. The molecule has 18 heavy (non-hydrogen) atoms. The summed E-state index contributed by atoms with van der Waals surface area (Å²) in [5.74, 6) is 0.232. The predicted molar refractivity (Wildman–Crippen MR) is 76.0 cm³/mol. The molecule has 1 aromatic carbocycles. The number of likely N-dealkylation sites (tertiary alicyclic amines) is 1. The number of hydrogen-bond acceptors (Lipinski definition) is 2. The van der Waals surface area contributed by atoms with Gasteiger partial charge in [0.1, 0.15) is 0 Å². The molecule has 94 valence electrons. The Hall–Kier alpha value is -1.42. The van der Waals surface area contributed by atoms with E-state index < -0.39 is 0 Å². The summed E-state index contributed by atoms with van der Waals surface area (Å²) in [5, 5.41) is 1.44. The lowest BCUT2D eigenvalue weighted by Crippen LogP contribution is -2.27. The van der Waals surface area contributed by atoms with Crippen LogP contribution < -0.4 is 0 Å². The number of nitrogens with zero attached hydrogens (tertiary/aromatic N) is 1. The highest BCUT2D eigenvalue weighted by Gasteiger charge is 2.26. The number of amides is 1. The second-order valence-electron chi connectivity index (χ2n) is 4.85. The van der Waals surface area contributed by atoms with Crippen LogP contribution >= 0.6 is 12.6 Å². The number of carbonyl (C=O) groups is 1. The second kappa shape index (κ2) is 4.69. The molecule has 1 unspecified atom stereocenters. The highest BCUT2D eigenvalue weighted by Crippen LogP contribution is 2.18. The van der Waals surface area contributed by atoms with Gasteiger partial charge >= 0.3 is 0 Å². The van der Waals surface area contributed by atoms with Gasteiger partial charge in [-0.05, 0) is 29.5 Å². The Morgan fingerprint density at radius 1 is 1.39 bits per heavy atom. The molecule has 1 aliphatic heterocycles. The van der Waals surface area contributed by atoms with Crippen LogP contribution in [0.2, 0.25) is 0 Å². The average Bonchev–Trinajstić information content (AvgIpc) is 2.92. The maximum absolute atomic E-state index is 11.6. The molecule has 1 aliphatic rings. The second-order valence-corrected chi connectivity index (χ2v) is 5.58. The molecular formula is C14H16N2OS. The number of aromatic nitrogens is 1. The van der Waals surface area contributed by atoms with Gasteiger partial charge in [0, 0.05) is 36.5 Å². The third-order valence-corrected chi connectivity index (χ3v) is 3.83. The number of rotatable bonds is 3. The molecule has 2 aromatic rings. The van der Waals surface area contributed by atoms with Crippen molar-refractivity contribution < 1.29 is 4.79 Å². The third kappa shape index (κ3) is 2.25. The van der Waals surface area contributed by atoms with Gasteiger partial charge in [0.15, 0.2) is 0 Å². The van der Waals surface area contributed by atoms with Crippen LogP contribution in [0.25, 0.3) is 10.9 Å². The summed E-state index contributed by atoms with van der Waals surface area (Å²) in [4.78, 5) is 16.8. The van der Waals surface area contributed by atoms with Crippen LogP contribution in [-0.4, -0.2) is 34.1 Å². The van der Waals surface area contributed by atoms with Crippen LogP contribution in [0.3, 0.4) is 0 Å². The third-order valence-electron chi connectivity index (χ3n) is 3.48. The topological polar surface area (TPSA) is 36.1 Å². The minimum Gasteiger partial charge on any atom is -0.361 e. The number of aromatic amines is 1. The summed E-state index contributed by atoms with van der Waals surface area (Å²) < 4.78 is 0. The van der Waals surface area contributed by atoms with Gasteiger partial charge in [0.2, 0.25) is 5.91 Å². The first-order chi connectivity index (χ1) is 8.72. The Balaban J connectivity index is 1.67. The summed E-state index contributed by atoms with van der Waals surface area (Å²) in [6, 6.07) is 8.48. The molecule has 0 spiro atoms. The monoisotopic (exact) mass is 260 g/mol. The quantitative estimate of drug-likeness (QED) is 0.816. The molecule has 0 saturated carbocycles. The number of carbonyl (C=O) groups excluding carboxylic acids is 1. The Morgan fingerprint density at radius 3 is 3.06 bits per heavy atom. The minimum atomic E-state index is 0.211. The molecule has 2 heterocycles. The number of H-pyrrole nitrogens is 1. The summed E-state index contributed by atoms with van der Waals surface area (Å²) in [5.41, 5.74) is 2.42. The lowest BCUT2D eigenvalue weighted by Gasteiger charge is -2.15. The highest BCUT2D eigenvalue weighted by molar-refractivity contribution is 7.81. The van der Waals surface area contributed by atoms with Crippen molar-refractivity contribution in [2.45, 2.75) is 18.1 Å². The molecule has 3 rings (SSSR count). The van der Waals surface area contributed by atoms with E-state index in [1.165, 1.54) is 10.9 Å². The van der Waals surface area contributed by atoms with Gasteiger partial charge in [-0.25, -0.2) is 0 Å². The van der Waals surface area contributed by atoms with Crippen molar-refractivity contribution in [1.82, 2.24) is 9.88 Å². The molecule has 0 radical (unpaired) electrons. The summed E-state index contributed by atoms with van der Waals surface area (Å²) in [6.07, 6.45) is 3.43. The van der Waals surface area contributed by atoms with Gasteiger partial charge in [0.25, 0.3) is 0 Å². The minimum absolute atomic E-state index is 0.211. The number of nitrogens with one attached hydrogen (secondary N) is 1. The molecule has 1 aromatic heterocycles. The fraction of sp³-hybridized carbons (Fsp3) is 0.357. The van der Waals surface area contributed by atoms with E-state index in [-0.39, 0.29) is 11.2 Å². The SMILES string of the molecule is O=C1CC(S)CN1CCc1ccc2cc[nH]c2c1. The van der Waals surface area contributed by atoms with E-state index in [0.29, 0.717) is 6.42 Å². The Labute approximate surface area is 112 Å². The number of thiol groups is 1. The van der Waals surface area contributed by atoms with Crippen LogP contribution in [-0.2, 0) is 11.2 Å². The highest BCUT2D eigenvalue weighted by atomic mass is 32.1. The van der Waals surface area contributed by atoms with E-state index in [1.54, 1.807) is 0 Å². The van der Waals surface area contributed by atoms with E-state index in [4.69, 9.17) is 0 Å². The molecule has 0 bridgehead atoms. The van der Waals surface area contributed by atoms with Crippen molar-refractivity contribution in [2.24, 2.45) is 0 Å². The Morgan fingerprint density at radius 2 is 2.28 bits per heavy atom. The van der Waals surface area contributed by atoms with Crippen molar-refractivity contribution >= 4 is 29.4 Å². The van der Waals surface area contributed by atoms with E-state index in [9.17, 15) is 4.79 Å². The molecule has 1 N–H and O–H groups in total. The first kappa shape index (κ1) is 11.7. The Bertz CT molecular complexity index is 578. The molecule has 1 atom stereocenters. The fourth-order valence-electron chi connectivity index (χ4n) is 2.48. The van der Waals surface area contributed by atoms with Gasteiger partial charge in [-0.1, -0.05) is 12.1 Å².